The number of benzene rings is 6. The molecule has 0 amide bonds. The van der Waals surface area contributed by atoms with Gasteiger partial charge in [-0.05, 0) is 167 Å². The molecule has 330 valence electrons. The number of alkyl halides is 6. The van der Waals surface area contributed by atoms with Gasteiger partial charge in [0.05, 0.1) is 14.2 Å². The van der Waals surface area contributed by atoms with Crippen LogP contribution in [0, 0.1) is 0 Å². The van der Waals surface area contributed by atoms with Crippen molar-refractivity contribution < 1.29 is 35.8 Å². The lowest BCUT2D eigenvalue weighted by molar-refractivity contribution is -0.236. The molecule has 2 heterocycles. The quantitative estimate of drug-likeness (QED) is 0.101. The molecule has 6 aromatic carbocycles. The second-order valence-corrected chi connectivity index (χ2v) is 18.5. The van der Waals surface area contributed by atoms with Gasteiger partial charge in [0, 0.05) is 62.2 Å². The van der Waals surface area contributed by atoms with E-state index in [9.17, 15) is 8.78 Å². The Morgan fingerprint density at radius 1 is 0.569 bits per heavy atom. The number of methoxy groups -OCH3 is 2. The van der Waals surface area contributed by atoms with Crippen LogP contribution in [0.15, 0.2) is 162 Å². The number of ether oxygens (including phenoxy) is 2. The molecule has 0 saturated heterocycles. The normalized spacial score (nSPS) is 12.2. The second kappa shape index (κ2) is 19.1. The third-order valence-corrected chi connectivity index (χ3v) is 14.0. The molecule has 3 nitrogen and oxygen atoms in total. The van der Waals surface area contributed by atoms with E-state index in [2.05, 4.69) is 15.9 Å². The van der Waals surface area contributed by atoms with Crippen LogP contribution in [0.3, 0.4) is 0 Å². The zero-order chi connectivity index (χ0) is 46.0. The minimum absolute atomic E-state index is 0.111. The van der Waals surface area contributed by atoms with Crippen molar-refractivity contribution in [3.63, 3.8) is 0 Å². The van der Waals surface area contributed by atoms with E-state index in [1.165, 1.54) is 31.6 Å². The van der Waals surface area contributed by atoms with E-state index in [1.54, 1.807) is 103 Å². The fraction of sp³-hybridized carbons (Fsp3) is 0.0980. The van der Waals surface area contributed by atoms with Crippen molar-refractivity contribution in [2.24, 2.45) is 0 Å². The summed E-state index contributed by atoms with van der Waals surface area (Å²) in [6.07, 6.45) is -3.76. The van der Waals surface area contributed by atoms with Gasteiger partial charge >= 0.3 is 18.3 Å². The zero-order valence-electron chi connectivity index (χ0n) is 34.1. The van der Waals surface area contributed by atoms with Crippen LogP contribution < -0.4 is 14.4 Å². The highest BCUT2D eigenvalue weighted by Gasteiger charge is 2.65. The van der Waals surface area contributed by atoms with Gasteiger partial charge in [-0.1, -0.05) is 63.4 Å². The fourth-order valence-electron chi connectivity index (χ4n) is 7.14. The van der Waals surface area contributed by atoms with Crippen molar-refractivity contribution in [3.05, 3.63) is 183 Å². The molecule has 0 saturated carbocycles. The molecule has 14 heteroatoms. The van der Waals surface area contributed by atoms with Crippen LogP contribution >= 0.6 is 61.8 Å². The summed E-state index contributed by atoms with van der Waals surface area (Å²) in [4.78, 5) is 3.65. The zero-order valence-corrected chi connectivity index (χ0v) is 38.9. The van der Waals surface area contributed by atoms with E-state index < -0.39 is 23.8 Å². The van der Waals surface area contributed by atoms with Gasteiger partial charge in [0.15, 0.2) is 0 Å². The number of anilines is 3. The largest absolute Gasteiger partial charge is 0.497 e. The molecule has 8 aromatic rings. The summed E-state index contributed by atoms with van der Waals surface area (Å²) in [5, 5.41) is 1.13. The van der Waals surface area contributed by atoms with Gasteiger partial charge in [0.25, 0.3) is 0 Å². The smallest absolute Gasteiger partial charge is 0.373 e. The summed E-state index contributed by atoms with van der Waals surface area (Å²) in [7, 11) is 2.96. The molecule has 8 rings (SSSR count). The molecule has 0 aliphatic carbocycles. The Balaban J connectivity index is 1.33. The molecular formula is C51H34BrCl2F6NO2S2. The second-order valence-electron chi connectivity index (χ2n) is 14.6. The topological polar surface area (TPSA) is 21.7 Å². The Bertz CT molecular complexity index is 2890. The van der Waals surface area contributed by atoms with Crippen molar-refractivity contribution in [1.82, 2.24) is 0 Å². The molecule has 0 N–H and O–H groups in total. The van der Waals surface area contributed by atoms with E-state index in [4.69, 9.17) is 32.7 Å². The number of hydrogen-bond acceptors (Lipinski definition) is 5. The average Bonchev–Trinajstić information content (AvgIpc) is 3.95. The third kappa shape index (κ3) is 9.60. The Hall–Kier alpha value is -5.50. The van der Waals surface area contributed by atoms with Crippen molar-refractivity contribution in [3.8, 4) is 53.3 Å². The van der Waals surface area contributed by atoms with Crippen molar-refractivity contribution in [2.45, 2.75) is 18.3 Å². The Labute approximate surface area is 397 Å². The predicted molar refractivity (Wildman–Crippen MR) is 260 cm³/mol. The number of allylic oxidation sites excluding steroid dienone is 1. The first kappa shape index (κ1) is 46.0. The van der Waals surface area contributed by atoms with E-state index >= 15 is 17.6 Å². The summed E-state index contributed by atoms with van der Waals surface area (Å²) in [5.41, 5.74) is 3.14. The molecule has 0 aliphatic rings. The lowest BCUT2D eigenvalue weighted by Crippen LogP contribution is -2.47. The maximum Gasteiger partial charge on any atom is 0.373 e. The highest BCUT2D eigenvalue weighted by atomic mass is 79.9. The molecule has 0 fully saturated rings. The number of rotatable bonds is 14. The maximum absolute atomic E-state index is 16.8. The first-order valence-electron chi connectivity index (χ1n) is 19.7. The number of thiophene rings is 2. The van der Waals surface area contributed by atoms with Crippen molar-refractivity contribution >= 4 is 90.5 Å². The molecule has 0 aliphatic heterocycles. The molecule has 0 atom stereocenters. The predicted octanol–water partition coefficient (Wildman–Crippen LogP) is 18.1. The van der Waals surface area contributed by atoms with Crippen LogP contribution in [0.2, 0.25) is 10.0 Å². The molecule has 65 heavy (non-hydrogen) atoms. The van der Waals surface area contributed by atoms with Crippen molar-refractivity contribution in [1.29, 1.82) is 0 Å². The highest BCUT2D eigenvalue weighted by molar-refractivity contribution is 9.10. The summed E-state index contributed by atoms with van der Waals surface area (Å²) in [6, 6.07) is 45.3. The maximum atomic E-state index is 16.8. The Kier molecular flexibility index (Phi) is 13.6. The van der Waals surface area contributed by atoms with Crippen LogP contribution in [0.5, 0.6) is 11.5 Å². The fourth-order valence-corrected chi connectivity index (χ4v) is 9.99. The van der Waals surface area contributed by atoms with E-state index in [0.717, 1.165) is 38.9 Å². The summed E-state index contributed by atoms with van der Waals surface area (Å²) in [5.74, 6) is -10.1. The minimum Gasteiger partial charge on any atom is -0.497 e. The van der Waals surface area contributed by atoms with Crippen LogP contribution in [0.1, 0.15) is 11.1 Å². The number of hydrogen-bond donors (Lipinski definition) is 0. The van der Waals surface area contributed by atoms with Gasteiger partial charge in [-0.3, -0.25) is 0 Å². The first-order valence-corrected chi connectivity index (χ1v) is 22.9. The summed E-state index contributed by atoms with van der Waals surface area (Å²) < 4.78 is 105. The minimum atomic E-state index is -5.76. The Morgan fingerprint density at radius 3 is 1.43 bits per heavy atom. The van der Waals surface area contributed by atoms with Crippen molar-refractivity contribution in [2.75, 3.05) is 19.1 Å². The Morgan fingerprint density at radius 2 is 0.969 bits per heavy atom. The monoisotopic (exact) mass is 1020 g/mol. The standard InChI is InChI=1S/C51H34BrCl2F6NO2S2/c1-62-41-23-7-32(8-24-41)47-34(28-45(64-47)31-5-17-38(18-6-31)61(39-19-13-36(53)14-20-39)40-21-15-37(54)16-22-40)27-44(50(57,58)51(59,60)49(55)56)43-29-46(30-3-11-35(52)12-4-30)65-48(43)33-9-25-42(63-2)26-10-33/h3-29,49H,1-2H3. The molecule has 0 spiro atoms. The average molecular weight is 1020 g/mol. The highest BCUT2D eigenvalue weighted by Crippen LogP contribution is 2.54. The molecule has 0 radical (unpaired) electrons. The van der Waals surface area contributed by atoms with Gasteiger partial charge in [-0.2, -0.15) is 17.6 Å². The first-order chi connectivity index (χ1) is 31.2. The summed E-state index contributed by atoms with van der Waals surface area (Å²) >= 11 is 18.2. The molecule has 0 unspecified atom stereocenters. The van der Waals surface area contributed by atoms with E-state index in [1.807, 2.05) is 53.4 Å². The van der Waals surface area contributed by atoms with Crippen LogP contribution in [0.4, 0.5) is 43.4 Å². The SMILES string of the molecule is COc1ccc(-c2sc(-c3ccc(N(c4ccc(Cl)cc4)c4ccc(Cl)cc4)cc3)cc2C=C(c2cc(-c3ccc(Br)cc3)sc2-c2ccc(OC)cc2)C(F)(F)C(F)(F)C(F)F)cc1. The lowest BCUT2D eigenvalue weighted by atomic mass is 9.91. The lowest BCUT2D eigenvalue weighted by Gasteiger charge is -2.28. The molecule has 2 aromatic heterocycles. The van der Waals surface area contributed by atoms with Crippen LogP contribution in [-0.2, 0) is 0 Å². The number of halogens is 9. The van der Waals surface area contributed by atoms with Gasteiger partial charge in [0.1, 0.15) is 11.5 Å². The van der Waals surface area contributed by atoms with Gasteiger partial charge < -0.3 is 14.4 Å². The van der Waals surface area contributed by atoms with Crippen LogP contribution in [-0.4, -0.2) is 32.5 Å². The van der Waals surface area contributed by atoms with Gasteiger partial charge in [-0.25, -0.2) is 8.78 Å². The third-order valence-electron chi connectivity index (χ3n) is 10.5. The molecular weight excluding hydrogens is 987 g/mol. The van der Waals surface area contributed by atoms with E-state index in [0.29, 0.717) is 58.4 Å². The van der Waals surface area contributed by atoms with Gasteiger partial charge in [0.2, 0.25) is 0 Å². The summed E-state index contributed by atoms with van der Waals surface area (Å²) in [6.45, 7) is 0. The van der Waals surface area contributed by atoms with E-state index in [-0.39, 0.29) is 16.0 Å². The van der Waals surface area contributed by atoms with Crippen LogP contribution in [0.25, 0.3) is 53.4 Å². The van der Waals surface area contributed by atoms with Gasteiger partial charge in [-0.15, -0.1) is 22.7 Å². The molecule has 0 bridgehead atoms. The number of nitrogens with zero attached hydrogens (tertiary/aromatic N) is 1.